The lowest BCUT2D eigenvalue weighted by atomic mass is 10.1. The molecule has 0 amide bonds. The van der Waals surface area contributed by atoms with Gasteiger partial charge in [-0.1, -0.05) is 25.0 Å². The first kappa shape index (κ1) is 23.2. The van der Waals surface area contributed by atoms with Gasteiger partial charge in [-0.05, 0) is 50.5 Å². The molecular weight excluding hydrogens is 503 g/mol. The summed E-state index contributed by atoms with van der Waals surface area (Å²) in [5.41, 5.74) is 2.22. The smallest absolute Gasteiger partial charge is 0.192 e. The molecule has 1 aromatic carbocycles. The van der Waals surface area contributed by atoms with Crippen LogP contribution in [0.4, 0.5) is 0 Å². The summed E-state index contributed by atoms with van der Waals surface area (Å²) >= 11 is 0. The Morgan fingerprint density at radius 2 is 2.03 bits per heavy atom. The molecule has 3 aromatic rings. The number of hydrogen-bond donors (Lipinski definition) is 2. The molecular formula is C22H31IN8. The fourth-order valence-electron chi connectivity index (χ4n) is 3.78. The van der Waals surface area contributed by atoms with Crippen LogP contribution in [0.25, 0.3) is 5.69 Å². The molecule has 1 saturated carbocycles. The van der Waals surface area contributed by atoms with Gasteiger partial charge in [-0.25, -0.2) is 9.67 Å². The average molecular weight is 534 g/mol. The third kappa shape index (κ3) is 5.84. The fourth-order valence-corrected chi connectivity index (χ4v) is 3.78. The number of nitrogens with one attached hydrogen (secondary N) is 2. The van der Waals surface area contributed by atoms with E-state index >= 15 is 0 Å². The molecule has 1 aliphatic rings. The minimum atomic E-state index is 0. The van der Waals surface area contributed by atoms with E-state index in [0.717, 1.165) is 23.3 Å². The van der Waals surface area contributed by atoms with Crippen molar-refractivity contribution in [1.29, 1.82) is 0 Å². The van der Waals surface area contributed by atoms with Crippen LogP contribution >= 0.6 is 24.0 Å². The highest BCUT2D eigenvalue weighted by Crippen LogP contribution is 2.19. The number of guanidine groups is 1. The van der Waals surface area contributed by atoms with Gasteiger partial charge in [-0.2, -0.15) is 5.10 Å². The van der Waals surface area contributed by atoms with Crippen LogP contribution in [0.5, 0.6) is 0 Å². The highest BCUT2D eigenvalue weighted by molar-refractivity contribution is 14.0. The van der Waals surface area contributed by atoms with E-state index in [-0.39, 0.29) is 30.0 Å². The zero-order valence-electron chi connectivity index (χ0n) is 18.3. The molecule has 1 aliphatic carbocycles. The normalized spacial score (nSPS) is 15.5. The molecule has 4 rings (SSSR count). The number of hydrogen-bond acceptors (Lipinski definition) is 4. The highest BCUT2D eigenvalue weighted by atomic mass is 127. The lowest BCUT2D eigenvalue weighted by Crippen LogP contribution is -2.43. The Balaban J connectivity index is 0.00000272. The van der Waals surface area contributed by atoms with Crippen molar-refractivity contribution in [3.63, 3.8) is 0 Å². The molecule has 166 valence electrons. The van der Waals surface area contributed by atoms with E-state index in [4.69, 9.17) is 4.99 Å². The van der Waals surface area contributed by atoms with Crippen LogP contribution in [-0.4, -0.2) is 36.5 Å². The van der Waals surface area contributed by atoms with E-state index in [9.17, 15) is 0 Å². The van der Waals surface area contributed by atoms with Crippen LogP contribution in [0.15, 0.2) is 47.7 Å². The quantitative estimate of drug-likeness (QED) is 0.287. The molecule has 0 saturated heterocycles. The topological polar surface area (TPSA) is 84.9 Å². The maximum Gasteiger partial charge on any atom is 0.192 e. The Morgan fingerprint density at radius 3 is 2.71 bits per heavy atom. The van der Waals surface area contributed by atoms with E-state index in [1.807, 2.05) is 35.5 Å². The van der Waals surface area contributed by atoms with Crippen molar-refractivity contribution >= 4 is 29.9 Å². The third-order valence-electron chi connectivity index (χ3n) is 5.75. The Hall–Kier alpha value is -2.43. The minimum absolute atomic E-state index is 0. The van der Waals surface area contributed by atoms with Gasteiger partial charge in [0.2, 0.25) is 0 Å². The first-order chi connectivity index (χ1) is 14.6. The zero-order valence-corrected chi connectivity index (χ0v) is 20.7. The van der Waals surface area contributed by atoms with Gasteiger partial charge in [0, 0.05) is 25.5 Å². The summed E-state index contributed by atoms with van der Waals surface area (Å²) in [5.74, 6) is 2.56. The predicted molar refractivity (Wildman–Crippen MR) is 133 cm³/mol. The number of aryl methyl sites for hydroxylation is 1. The van der Waals surface area contributed by atoms with Crippen molar-refractivity contribution in [3.05, 3.63) is 59.9 Å². The molecule has 1 fully saturated rings. The second kappa shape index (κ2) is 10.7. The zero-order chi connectivity index (χ0) is 20.9. The van der Waals surface area contributed by atoms with E-state index in [1.54, 1.807) is 6.20 Å². The van der Waals surface area contributed by atoms with Crippen LogP contribution in [0.1, 0.15) is 55.9 Å². The Labute approximate surface area is 200 Å². The summed E-state index contributed by atoms with van der Waals surface area (Å²) in [6, 6.07) is 10.9. The molecule has 2 heterocycles. The van der Waals surface area contributed by atoms with E-state index in [1.165, 1.54) is 31.2 Å². The first-order valence-electron chi connectivity index (χ1n) is 10.6. The molecule has 0 bridgehead atoms. The minimum Gasteiger partial charge on any atom is -0.354 e. The molecule has 0 aliphatic heterocycles. The molecule has 9 heteroatoms. The molecule has 1 unspecified atom stereocenters. The van der Waals surface area contributed by atoms with E-state index in [2.05, 4.69) is 57.1 Å². The number of halogens is 1. The van der Waals surface area contributed by atoms with Gasteiger partial charge in [0.25, 0.3) is 0 Å². The summed E-state index contributed by atoms with van der Waals surface area (Å²) in [4.78, 5) is 4.82. The summed E-state index contributed by atoms with van der Waals surface area (Å²) < 4.78 is 3.85. The van der Waals surface area contributed by atoms with Gasteiger partial charge in [-0.3, -0.25) is 0 Å². The van der Waals surface area contributed by atoms with Crippen molar-refractivity contribution < 1.29 is 0 Å². The van der Waals surface area contributed by atoms with Crippen molar-refractivity contribution in [1.82, 2.24) is 35.2 Å². The fraction of sp³-hybridized carbons (Fsp3) is 0.455. The SMILES string of the molecule is Cc1nnc(CN=C(NC2CCCC2)NC(C)c2cccc(-n3cccn3)c2)n1C.I. The highest BCUT2D eigenvalue weighted by Gasteiger charge is 2.18. The molecule has 2 N–H and O–H groups in total. The van der Waals surface area contributed by atoms with Crippen molar-refractivity contribution in [2.75, 3.05) is 0 Å². The average Bonchev–Trinajstić information content (AvgIpc) is 3.51. The predicted octanol–water partition coefficient (Wildman–Crippen LogP) is 3.67. The second-order valence-electron chi connectivity index (χ2n) is 7.92. The number of benzene rings is 1. The molecule has 0 spiro atoms. The van der Waals surface area contributed by atoms with Crippen molar-refractivity contribution in [3.8, 4) is 5.69 Å². The number of aromatic nitrogens is 5. The molecule has 31 heavy (non-hydrogen) atoms. The van der Waals surface area contributed by atoms with Gasteiger partial charge in [0.1, 0.15) is 12.4 Å². The van der Waals surface area contributed by atoms with E-state index in [0.29, 0.717) is 12.6 Å². The van der Waals surface area contributed by atoms with Crippen LogP contribution in [0.3, 0.4) is 0 Å². The molecule has 8 nitrogen and oxygen atoms in total. The monoisotopic (exact) mass is 534 g/mol. The van der Waals surface area contributed by atoms with E-state index < -0.39 is 0 Å². The summed E-state index contributed by atoms with van der Waals surface area (Å²) in [6.07, 6.45) is 8.66. The van der Waals surface area contributed by atoms with Gasteiger partial charge in [-0.15, -0.1) is 34.2 Å². The van der Waals surface area contributed by atoms with Crippen LogP contribution in [-0.2, 0) is 13.6 Å². The van der Waals surface area contributed by atoms with Gasteiger partial charge in [0.05, 0.1) is 11.7 Å². The first-order valence-corrected chi connectivity index (χ1v) is 10.6. The number of nitrogens with zero attached hydrogens (tertiary/aromatic N) is 6. The summed E-state index contributed by atoms with van der Waals surface area (Å²) in [6.45, 7) is 4.59. The van der Waals surface area contributed by atoms with Crippen LogP contribution in [0, 0.1) is 6.92 Å². The van der Waals surface area contributed by atoms with Crippen LogP contribution in [0.2, 0.25) is 0 Å². The molecule has 0 radical (unpaired) electrons. The number of aliphatic imine (C=N–C) groups is 1. The molecule has 1 atom stereocenters. The van der Waals surface area contributed by atoms with Crippen LogP contribution < -0.4 is 10.6 Å². The Kier molecular flexibility index (Phi) is 8.05. The maximum atomic E-state index is 4.82. The van der Waals surface area contributed by atoms with Crippen molar-refractivity contribution in [2.45, 2.75) is 58.2 Å². The maximum absolute atomic E-state index is 4.82. The van der Waals surface area contributed by atoms with Gasteiger partial charge >= 0.3 is 0 Å². The lowest BCUT2D eigenvalue weighted by molar-refractivity contribution is 0.592. The third-order valence-corrected chi connectivity index (χ3v) is 5.75. The van der Waals surface area contributed by atoms with Crippen molar-refractivity contribution in [2.24, 2.45) is 12.0 Å². The van der Waals surface area contributed by atoms with Gasteiger partial charge in [0.15, 0.2) is 11.8 Å². The largest absolute Gasteiger partial charge is 0.354 e. The summed E-state index contributed by atoms with van der Waals surface area (Å²) in [5, 5.41) is 19.9. The summed E-state index contributed by atoms with van der Waals surface area (Å²) in [7, 11) is 1.97. The van der Waals surface area contributed by atoms with Gasteiger partial charge < -0.3 is 15.2 Å². The molecule has 2 aromatic heterocycles. The number of rotatable bonds is 6. The Morgan fingerprint density at radius 1 is 1.23 bits per heavy atom. The standard InChI is InChI=1S/C22H30N8.HI/c1-16(18-8-6-11-20(14-18)30-13-7-12-24-30)25-22(26-19-9-4-5-10-19)23-15-21-28-27-17(2)29(21)3;/h6-8,11-14,16,19H,4-5,9-10,15H2,1-3H3,(H2,23,25,26);1H. The second-order valence-corrected chi connectivity index (χ2v) is 7.92. The lowest BCUT2D eigenvalue weighted by Gasteiger charge is -2.22. The Bertz CT molecular complexity index is 989.